The summed E-state index contributed by atoms with van der Waals surface area (Å²) in [6, 6.07) is 0. The molecular formula is C10H15N5OS. The number of hydrogen-bond donors (Lipinski definition) is 0. The summed E-state index contributed by atoms with van der Waals surface area (Å²) in [5, 5.41) is 13.5. The number of aromatic nitrogens is 5. The third-order valence-electron chi connectivity index (χ3n) is 2.44. The van der Waals surface area contributed by atoms with Crippen LogP contribution in [0.25, 0.3) is 11.4 Å². The molecule has 7 heteroatoms. The topological polar surface area (TPSA) is 57.8 Å². The van der Waals surface area contributed by atoms with Crippen molar-refractivity contribution in [2.45, 2.75) is 18.6 Å². The molecule has 17 heavy (non-hydrogen) atoms. The molecule has 0 spiro atoms. The first kappa shape index (κ1) is 12.0. The molecule has 0 saturated heterocycles. The van der Waals surface area contributed by atoms with Crippen LogP contribution < -0.4 is 4.74 Å². The smallest absolute Gasteiger partial charge is 0.243 e. The van der Waals surface area contributed by atoms with Gasteiger partial charge in [0.1, 0.15) is 5.56 Å². The SMILES string of the molecule is CCn1c(SC)nnc1-c1cn(C)nc1OC. The molecule has 0 saturated carbocycles. The minimum Gasteiger partial charge on any atom is -0.479 e. The number of aryl methyl sites for hydroxylation is 1. The normalized spacial score (nSPS) is 10.8. The van der Waals surface area contributed by atoms with Crippen LogP contribution in [0.2, 0.25) is 0 Å². The molecule has 0 fully saturated rings. The van der Waals surface area contributed by atoms with Crippen LogP contribution in [0, 0.1) is 0 Å². The van der Waals surface area contributed by atoms with Crippen LogP contribution in [0.1, 0.15) is 6.92 Å². The molecule has 92 valence electrons. The van der Waals surface area contributed by atoms with Crippen LogP contribution >= 0.6 is 11.8 Å². The van der Waals surface area contributed by atoms with Crippen molar-refractivity contribution in [3.8, 4) is 17.3 Å². The summed E-state index contributed by atoms with van der Waals surface area (Å²) >= 11 is 1.58. The summed E-state index contributed by atoms with van der Waals surface area (Å²) in [6.45, 7) is 2.88. The van der Waals surface area contributed by atoms with E-state index in [1.165, 1.54) is 0 Å². The lowest BCUT2D eigenvalue weighted by atomic mass is 10.3. The first-order chi connectivity index (χ1) is 8.21. The number of methoxy groups -OCH3 is 1. The third-order valence-corrected chi connectivity index (χ3v) is 3.11. The Labute approximate surface area is 104 Å². The van der Waals surface area contributed by atoms with Crippen molar-refractivity contribution in [1.29, 1.82) is 0 Å². The van der Waals surface area contributed by atoms with Gasteiger partial charge in [-0.3, -0.25) is 4.68 Å². The number of rotatable bonds is 4. The lowest BCUT2D eigenvalue weighted by Gasteiger charge is -2.04. The Bertz CT molecular complexity index is 519. The number of nitrogens with zero attached hydrogens (tertiary/aromatic N) is 5. The molecule has 2 aromatic rings. The molecule has 0 aromatic carbocycles. The maximum Gasteiger partial charge on any atom is 0.243 e. The first-order valence-corrected chi connectivity index (χ1v) is 6.48. The Morgan fingerprint density at radius 2 is 2.18 bits per heavy atom. The quantitative estimate of drug-likeness (QED) is 0.771. The van der Waals surface area contributed by atoms with Crippen molar-refractivity contribution >= 4 is 11.8 Å². The van der Waals surface area contributed by atoms with E-state index in [1.807, 2.05) is 24.1 Å². The number of ether oxygens (including phenoxy) is 1. The van der Waals surface area contributed by atoms with Crippen molar-refractivity contribution in [2.24, 2.45) is 7.05 Å². The van der Waals surface area contributed by atoms with E-state index in [9.17, 15) is 0 Å². The van der Waals surface area contributed by atoms with Gasteiger partial charge in [0.2, 0.25) is 5.88 Å². The molecule has 0 atom stereocenters. The summed E-state index contributed by atoms with van der Waals surface area (Å²) in [5.74, 6) is 1.36. The Kier molecular flexibility index (Phi) is 3.37. The highest BCUT2D eigenvalue weighted by molar-refractivity contribution is 7.98. The average molecular weight is 253 g/mol. The van der Waals surface area contributed by atoms with Crippen LogP contribution in [0.3, 0.4) is 0 Å². The monoisotopic (exact) mass is 253 g/mol. The van der Waals surface area contributed by atoms with E-state index in [1.54, 1.807) is 23.6 Å². The molecule has 2 rings (SSSR count). The first-order valence-electron chi connectivity index (χ1n) is 5.26. The van der Waals surface area contributed by atoms with E-state index in [4.69, 9.17) is 4.74 Å². The van der Waals surface area contributed by atoms with E-state index in [0.29, 0.717) is 5.88 Å². The van der Waals surface area contributed by atoms with Crippen molar-refractivity contribution in [2.75, 3.05) is 13.4 Å². The van der Waals surface area contributed by atoms with Gasteiger partial charge in [-0.15, -0.1) is 15.3 Å². The maximum atomic E-state index is 5.24. The van der Waals surface area contributed by atoms with Gasteiger partial charge in [-0.25, -0.2) is 0 Å². The molecule has 0 bridgehead atoms. The molecule has 0 radical (unpaired) electrons. The predicted octanol–water partition coefficient (Wildman–Crippen LogP) is 1.43. The van der Waals surface area contributed by atoms with Crippen LogP contribution in [-0.4, -0.2) is 37.9 Å². The molecule has 2 heterocycles. The largest absolute Gasteiger partial charge is 0.479 e. The minimum atomic E-state index is 0.572. The van der Waals surface area contributed by atoms with E-state index in [0.717, 1.165) is 23.1 Å². The Balaban J connectivity index is 2.55. The molecule has 0 aliphatic carbocycles. The second-order valence-electron chi connectivity index (χ2n) is 3.48. The standard InChI is InChI=1S/C10H15N5OS/c1-5-15-8(11-12-10(15)17-4)7-6-14(2)13-9(7)16-3/h6H,5H2,1-4H3. The van der Waals surface area contributed by atoms with Gasteiger partial charge in [0.15, 0.2) is 11.0 Å². The van der Waals surface area contributed by atoms with Gasteiger partial charge < -0.3 is 9.30 Å². The zero-order valence-electron chi connectivity index (χ0n) is 10.3. The van der Waals surface area contributed by atoms with Gasteiger partial charge in [0.25, 0.3) is 0 Å². The van der Waals surface area contributed by atoms with Gasteiger partial charge in [-0.05, 0) is 13.2 Å². The van der Waals surface area contributed by atoms with Crippen molar-refractivity contribution in [1.82, 2.24) is 24.5 Å². The van der Waals surface area contributed by atoms with E-state index < -0.39 is 0 Å². The highest BCUT2D eigenvalue weighted by atomic mass is 32.2. The molecule has 0 amide bonds. The average Bonchev–Trinajstić information content (AvgIpc) is 2.90. The Morgan fingerprint density at radius 1 is 1.41 bits per heavy atom. The molecule has 0 aliphatic heterocycles. The Morgan fingerprint density at radius 3 is 2.76 bits per heavy atom. The summed E-state index contributed by atoms with van der Waals surface area (Å²) in [4.78, 5) is 0. The zero-order valence-corrected chi connectivity index (χ0v) is 11.2. The fraction of sp³-hybridized carbons (Fsp3) is 0.500. The predicted molar refractivity (Wildman–Crippen MR) is 66.2 cm³/mol. The zero-order chi connectivity index (χ0) is 12.4. The minimum absolute atomic E-state index is 0.572. The summed E-state index contributed by atoms with van der Waals surface area (Å²) < 4.78 is 9.00. The fourth-order valence-corrected chi connectivity index (χ4v) is 2.25. The van der Waals surface area contributed by atoms with E-state index in [2.05, 4.69) is 22.2 Å². The molecule has 6 nitrogen and oxygen atoms in total. The maximum absolute atomic E-state index is 5.24. The summed E-state index contributed by atoms with van der Waals surface area (Å²) in [7, 11) is 3.46. The van der Waals surface area contributed by atoms with E-state index >= 15 is 0 Å². The molecular weight excluding hydrogens is 238 g/mol. The highest BCUT2D eigenvalue weighted by Gasteiger charge is 2.18. The van der Waals surface area contributed by atoms with Crippen LogP contribution in [0.4, 0.5) is 0 Å². The van der Waals surface area contributed by atoms with Gasteiger partial charge in [-0.1, -0.05) is 11.8 Å². The summed E-state index contributed by atoms with van der Waals surface area (Å²) in [5.41, 5.74) is 0.865. The second kappa shape index (κ2) is 4.79. The van der Waals surface area contributed by atoms with Gasteiger partial charge in [0, 0.05) is 19.8 Å². The van der Waals surface area contributed by atoms with Gasteiger partial charge >= 0.3 is 0 Å². The van der Waals surface area contributed by atoms with Crippen molar-refractivity contribution in [3.63, 3.8) is 0 Å². The lowest BCUT2D eigenvalue weighted by Crippen LogP contribution is -1.99. The summed E-state index contributed by atoms with van der Waals surface area (Å²) in [6.07, 6.45) is 3.87. The molecule has 2 aromatic heterocycles. The van der Waals surface area contributed by atoms with Crippen LogP contribution in [0.5, 0.6) is 5.88 Å². The van der Waals surface area contributed by atoms with Gasteiger partial charge in [-0.2, -0.15) is 0 Å². The number of hydrogen-bond acceptors (Lipinski definition) is 5. The lowest BCUT2D eigenvalue weighted by molar-refractivity contribution is 0.393. The molecule has 0 N–H and O–H groups in total. The van der Waals surface area contributed by atoms with Crippen molar-refractivity contribution < 1.29 is 4.74 Å². The van der Waals surface area contributed by atoms with Gasteiger partial charge in [0.05, 0.1) is 7.11 Å². The fourth-order valence-electron chi connectivity index (χ4n) is 1.70. The van der Waals surface area contributed by atoms with Crippen molar-refractivity contribution in [3.05, 3.63) is 6.20 Å². The second-order valence-corrected chi connectivity index (χ2v) is 4.25. The van der Waals surface area contributed by atoms with Crippen LogP contribution in [-0.2, 0) is 13.6 Å². The highest BCUT2D eigenvalue weighted by Crippen LogP contribution is 2.29. The van der Waals surface area contributed by atoms with Crippen LogP contribution in [0.15, 0.2) is 11.4 Å². The number of thioether (sulfide) groups is 1. The molecule has 0 unspecified atom stereocenters. The molecule has 0 aliphatic rings. The Hall–Kier alpha value is -1.50. The third kappa shape index (κ3) is 2.02. The van der Waals surface area contributed by atoms with E-state index in [-0.39, 0.29) is 0 Å².